The molecule has 2 aromatic rings. The van der Waals surface area contributed by atoms with E-state index in [2.05, 4.69) is 10.3 Å². The first kappa shape index (κ1) is 13.2. The molecular weight excluding hydrogens is 276 g/mol. The third-order valence-electron chi connectivity index (χ3n) is 3.31. The van der Waals surface area contributed by atoms with Crippen LogP contribution in [0.2, 0.25) is 0 Å². The normalized spacial score (nSPS) is 16.9. The summed E-state index contributed by atoms with van der Waals surface area (Å²) < 4.78 is 10.1. The van der Waals surface area contributed by atoms with E-state index in [1.165, 1.54) is 4.88 Å². The number of carbonyl (C=O) groups excluding carboxylic acids is 1. The minimum absolute atomic E-state index is 0.155. The molecule has 1 N–H and O–H groups in total. The second-order valence-electron chi connectivity index (χ2n) is 4.66. The van der Waals surface area contributed by atoms with Crippen molar-refractivity contribution in [1.29, 1.82) is 0 Å². The molecule has 0 amide bonds. The van der Waals surface area contributed by atoms with Crippen molar-refractivity contribution in [2.24, 2.45) is 0 Å². The van der Waals surface area contributed by atoms with Crippen LogP contribution < -0.4 is 5.32 Å². The van der Waals surface area contributed by atoms with E-state index in [4.69, 9.17) is 9.15 Å². The fraction of sp³-hybridized carbons (Fsp3) is 0.429. The van der Waals surface area contributed by atoms with Gasteiger partial charge in [-0.3, -0.25) is 4.79 Å². The monoisotopic (exact) mass is 292 g/mol. The number of furan rings is 1. The standard InChI is InChI=1S/C14H16N2O3S/c1-2-19-13(17)10-3-4-11-12(10)16-14(20-11)15-7-9-5-6-18-8-9/h5-6,8,10H,2-4,7H2,1H3,(H,15,16). The van der Waals surface area contributed by atoms with Crippen molar-refractivity contribution in [3.63, 3.8) is 0 Å². The lowest BCUT2D eigenvalue weighted by Crippen LogP contribution is -2.14. The topological polar surface area (TPSA) is 64.4 Å². The van der Waals surface area contributed by atoms with Gasteiger partial charge in [0.1, 0.15) is 5.92 Å². The molecule has 0 radical (unpaired) electrons. The van der Waals surface area contributed by atoms with E-state index >= 15 is 0 Å². The molecule has 6 heteroatoms. The summed E-state index contributed by atoms with van der Waals surface area (Å²) in [6, 6.07) is 1.91. The summed E-state index contributed by atoms with van der Waals surface area (Å²) in [5.74, 6) is -0.344. The molecule has 0 aromatic carbocycles. The molecule has 0 spiro atoms. The zero-order valence-electron chi connectivity index (χ0n) is 11.2. The largest absolute Gasteiger partial charge is 0.472 e. The van der Waals surface area contributed by atoms with Gasteiger partial charge in [0.25, 0.3) is 0 Å². The zero-order valence-corrected chi connectivity index (χ0v) is 12.0. The van der Waals surface area contributed by atoms with Gasteiger partial charge in [0.15, 0.2) is 5.13 Å². The lowest BCUT2D eigenvalue weighted by Gasteiger charge is -2.07. The van der Waals surface area contributed by atoms with E-state index in [0.717, 1.165) is 29.2 Å². The Bertz CT molecular complexity index is 592. The quantitative estimate of drug-likeness (QED) is 0.858. The minimum atomic E-state index is -0.189. The van der Waals surface area contributed by atoms with E-state index < -0.39 is 0 Å². The van der Waals surface area contributed by atoms with Crippen LogP contribution in [0, 0.1) is 0 Å². The minimum Gasteiger partial charge on any atom is -0.472 e. The fourth-order valence-corrected chi connectivity index (χ4v) is 3.38. The number of anilines is 1. The van der Waals surface area contributed by atoms with Gasteiger partial charge in [0.2, 0.25) is 0 Å². The molecule has 20 heavy (non-hydrogen) atoms. The van der Waals surface area contributed by atoms with Crippen LogP contribution in [0.25, 0.3) is 0 Å². The first-order valence-electron chi connectivity index (χ1n) is 6.69. The number of hydrogen-bond acceptors (Lipinski definition) is 6. The van der Waals surface area contributed by atoms with Crippen molar-refractivity contribution in [2.45, 2.75) is 32.2 Å². The molecule has 2 heterocycles. The third-order valence-corrected chi connectivity index (χ3v) is 4.40. The molecule has 0 saturated carbocycles. The van der Waals surface area contributed by atoms with Crippen LogP contribution in [0.5, 0.6) is 0 Å². The molecule has 0 saturated heterocycles. The highest BCUT2D eigenvalue weighted by molar-refractivity contribution is 7.15. The first-order valence-corrected chi connectivity index (χ1v) is 7.50. The van der Waals surface area contributed by atoms with Crippen LogP contribution in [-0.4, -0.2) is 17.6 Å². The van der Waals surface area contributed by atoms with Crippen molar-refractivity contribution in [2.75, 3.05) is 11.9 Å². The van der Waals surface area contributed by atoms with Crippen LogP contribution in [0.15, 0.2) is 23.0 Å². The maximum absolute atomic E-state index is 11.9. The number of nitrogens with zero attached hydrogens (tertiary/aromatic N) is 1. The molecule has 106 valence electrons. The maximum Gasteiger partial charge on any atom is 0.315 e. The number of carbonyl (C=O) groups is 1. The van der Waals surface area contributed by atoms with Gasteiger partial charge in [0, 0.05) is 17.0 Å². The van der Waals surface area contributed by atoms with Crippen molar-refractivity contribution in [3.05, 3.63) is 34.7 Å². The second-order valence-corrected chi connectivity index (χ2v) is 5.74. The highest BCUT2D eigenvalue weighted by atomic mass is 32.1. The summed E-state index contributed by atoms with van der Waals surface area (Å²) in [5, 5.41) is 4.12. The average Bonchev–Trinajstić information content (AvgIpc) is 3.13. The van der Waals surface area contributed by atoms with Crippen molar-refractivity contribution >= 4 is 22.4 Å². The lowest BCUT2D eigenvalue weighted by molar-refractivity contribution is -0.145. The molecular formula is C14H16N2O3S. The van der Waals surface area contributed by atoms with Crippen LogP contribution in [0.3, 0.4) is 0 Å². The van der Waals surface area contributed by atoms with Crippen LogP contribution >= 0.6 is 11.3 Å². The number of esters is 1. The predicted molar refractivity (Wildman–Crippen MR) is 75.8 cm³/mol. The molecule has 1 aliphatic carbocycles. The first-order chi connectivity index (χ1) is 9.78. The van der Waals surface area contributed by atoms with E-state index in [1.54, 1.807) is 23.9 Å². The van der Waals surface area contributed by atoms with Crippen molar-refractivity contribution in [1.82, 2.24) is 4.98 Å². The Kier molecular flexibility index (Phi) is 3.73. The van der Waals surface area contributed by atoms with Gasteiger partial charge in [-0.2, -0.15) is 0 Å². The number of fused-ring (bicyclic) bond motifs is 1. The van der Waals surface area contributed by atoms with E-state index in [1.807, 2.05) is 13.0 Å². The Labute approximate surface area is 121 Å². The molecule has 2 aromatic heterocycles. The highest BCUT2D eigenvalue weighted by Crippen LogP contribution is 2.39. The molecule has 3 rings (SSSR count). The van der Waals surface area contributed by atoms with Gasteiger partial charge in [0.05, 0.1) is 24.8 Å². The number of thiazole rings is 1. The molecule has 1 atom stereocenters. The Morgan fingerprint density at radius 3 is 3.30 bits per heavy atom. The van der Waals surface area contributed by atoms with Gasteiger partial charge in [-0.15, -0.1) is 11.3 Å². The highest BCUT2D eigenvalue weighted by Gasteiger charge is 2.33. The summed E-state index contributed by atoms with van der Waals surface area (Å²) in [7, 11) is 0. The number of hydrogen-bond donors (Lipinski definition) is 1. The molecule has 1 unspecified atom stereocenters. The van der Waals surface area contributed by atoms with Gasteiger partial charge in [-0.25, -0.2) is 4.98 Å². The second kappa shape index (κ2) is 5.66. The van der Waals surface area contributed by atoms with Gasteiger partial charge in [-0.1, -0.05) is 0 Å². The number of ether oxygens (including phenoxy) is 1. The SMILES string of the molecule is CCOC(=O)C1CCc2sc(NCc3ccoc3)nc21. The van der Waals surface area contributed by atoms with E-state index in [9.17, 15) is 4.79 Å². The summed E-state index contributed by atoms with van der Waals surface area (Å²) >= 11 is 1.62. The maximum atomic E-state index is 11.9. The lowest BCUT2D eigenvalue weighted by atomic mass is 10.1. The fourth-order valence-electron chi connectivity index (χ4n) is 2.35. The van der Waals surface area contributed by atoms with Crippen molar-refractivity contribution in [3.8, 4) is 0 Å². The number of aryl methyl sites for hydroxylation is 1. The predicted octanol–water partition coefficient (Wildman–Crippen LogP) is 2.94. The molecule has 0 bridgehead atoms. The van der Waals surface area contributed by atoms with Crippen LogP contribution in [0.1, 0.15) is 35.4 Å². The summed E-state index contributed by atoms with van der Waals surface area (Å²) in [5.41, 5.74) is 1.96. The molecule has 0 aliphatic heterocycles. The Morgan fingerprint density at radius 2 is 2.55 bits per heavy atom. The van der Waals surface area contributed by atoms with Gasteiger partial charge in [-0.05, 0) is 25.8 Å². The molecule has 1 aliphatic rings. The number of aromatic nitrogens is 1. The molecule has 5 nitrogen and oxygen atoms in total. The summed E-state index contributed by atoms with van der Waals surface area (Å²) in [6.45, 7) is 2.92. The van der Waals surface area contributed by atoms with Gasteiger partial charge < -0.3 is 14.5 Å². The third kappa shape index (κ3) is 2.56. The van der Waals surface area contributed by atoms with Gasteiger partial charge >= 0.3 is 5.97 Å². The smallest absolute Gasteiger partial charge is 0.315 e. The summed E-state index contributed by atoms with van der Waals surface area (Å²) in [6.07, 6.45) is 5.07. The van der Waals surface area contributed by atoms with Crippen LogP contribution in [-0.2, 0) is 22.5 Å². The van der Waals surface area contributed by atoms with E-state index in [0.29, 0.717) is 13.2 Å². The van der Waals surface area contributed by atoms with Crippen LogP contribution in [0.4, 0.5) is 5.13 Å². The number of nitrogens with one attached hydrogen (secondary N) is 1. The molecule has 0 fully saturated rings. The summed E-state index contributed by atoms with van der Waals surface area (Å²) in [4.78, 5) is 17.6. The Balaban J connectivity index is 1.68. The Hall–Kier alpha value is -1.82. The van der Waals surface area contributed by atoms with E-state index in [-0.39, 0.29) is 11.9 Å². The average molecular weight is 292 g/mol. The Morgan fingerprint density at radius 1 is 1.65 bits per heavy atom. The van der Waals surface area contributed by atoms with Crippen molar-refractivity contribution < 1.29 is 13.9 Å². The zero-order chi connectivity index (χ0) is 13.9. The number of rotatable bonds is 5.